The molecule has 6 heteroatoms. The van der Waals surface area contributed by atoms with Crippen LogP contribution in [0.4, 0.5) is 4.79 Å². The van der Waals surface area contributed by atoms with Gasteiger partial charge in [-0.2, -0.15) is 0 Å². The lowest BCUT2D eigenvalue weighted by Crippen LogP contribution is -2.41. The van der Waals surface area contributed by atoms with Crippen LogP contribution in [0.3, 0.4) is 0 Å². The first kappa shape index (κ1) is 14.7. The summed E-state index contributed by atoms with van der Waals surface area (Å²) >= 11 is 0. The summed E-state index contributed by atoms with van der Waals surface area (Å²) in [6, 6.07) is 0. The van der Waals surface area contributed by atoms with Gasteiger partial charge in [-0.25, -0.2) is 4.79 Å². The van der Waals surface area contributed by atoms with Gasteiger partial charge in [0, 0.05) is 13.1 Å². The van der Waals surface area contributed by atoms with Gasteiger partial charge < -0.3 is 20.7 Å². The molecular formula is C10H21N3O3. The number of nitrogens with one attached hydrogen (secondary N) is 3. The molecule has 94 valence electrons. The lowest BCUT2D eigenvalue weighted by molar-refractivity contribution is -0.120. The molecule has 0 bridgehead atoms. The molecule has 2 amide bonds. The Morgan fingerprint density at radius 3 is 2.25 bits per heavy atom. The molecule has 0 heterocycles. The average Bonchev–Trinajstić information content (AvgIpc) is 2.12. The number of hydrogen-bond donors (Lipinski definition) is 3. The van der Waals surface area contributed by atoms with Crippen molar-refractivity contribution in [2.45, 2.75) is 26.4 Å². The van der Waals surface area contributed by atoms with E-state index in [1.165, 1.54) is 0 Å². The first-order chi connectivity index (χ1) is 7.35. The fraction of sp³-hybridized carbons (Fsp3) is 0.800. The molecule has 0 aliphatic rings. The van der Waals surface area contributed by atoms with Crippen LogP contribution in [0.15, 0.2) is 0 Å². The summed E-state index contributed by atoms with van der Waals surface area (Å²) in [5, 5.41) is 7.89. The second kappa shape index (κ2) is 7.05. The van der Waals surface area contributed by atoms with E-state index in [1.54, 1.807) is 27.8 Å². The molecule has 0 saturated heterocycles. The number of carbonyl (C=O) groups excluding carboxylic acids is 2. The third kappa shape index (κ3) is 9.26. The van der Waals surface area contributed by atoms with Crippen LogP contribution in [0.2, 0.25) is 0 Å². The van der Waals surface area contributed by atoms with Crippen LogP contribution in [0, 0.1) is 0 Å². The molecule has 16 heavy (non-hydrogen) atoms. The minimum Gasteiger partial charge on any atom is -0.444 e. The van der Waals surface area contributed by atoms with Gasteiger partial charge in [-0.3, -0.25) is 4.79 Å². The maximum Gasteiger partial charge on any atom is 0.408 e. The van der Waals surface area contributed by atoms with E-state index in [4.69, 9.17) is 4.74 Å². The van der Waals surface area contributed by atoms with Crippen molar-refractivity contribution in [1.29, 1.82) is 0 Å². The van der Waals surface area contributed by atoms with Crippen LogP contribution >= 0.6 is 0 Å². The fourth-order valence-electron chi connectivity index (χ4n) is 0.856. The molecular weight excluding hydrogens is 210 g/mol. The lowest BCUT2D eigenvalue weighted by atomic mass is 10.2. The normalized spacial score (nSPS) is 10.8. The standard InChI is InChI=1S/C10H21N3O3/c1-10(2,3)16-9(15)13-7-8(14)12-6-5-11-4/h11H,5-7H2,1-4H3,(H,12,14)(H,13,15). The Hall–Kier alpha value is -1.30. The Morgan fingerprint density at radius 2 is 1.75 bits per heavy atom. The minimum absolute atomic E-state index is 0.0708. The van der Waals surface area contributed by atoms with E-state index in [-0.39, 0.29) is 12.5 Å². The molecule has 0 rings (SSSR count). The topological polar surface area (TPSA) is 79.5 Å². The van der Waals surface area contributed by atoms with Crippen LogP contribution in [0.1, 0.15) is 20.8 Å². The maximum atomic E-state index is 11.2. The van der Waals surface area contributed by atoms with Gasteiger partial charge in [0.2, 0.25) is 5.91 Å². The Morgan fingerprint density at radius 1 is 1.12 bits per heavy atom. The second-order valence-corrected chi connectivity index (χ2v) is 4.31. The van der Waals surface area contributed by atoms with Gasteiger partial charge in [0.15, 0.2) is 0 Å². The van der Waals surface area contributed by atoms with Crippen molar-refractivity contribution in [1.82, 2.24) is 16.0 Å². The summed E-state index contributed by atoms with van der Waals surface area (Å²) in [5.74, 6) is -0.235. The summed E-state index contributed by atoms with van der Waals surface area (Å²) < 4.78 is 4.97. The number of amides is 2. The van der Waals surface area contributed by atoms with Gasteiger partial charge in [0.25, 0.3) is 0 Å². The minimum atomic E-state index is -0.587. The molecule has 0 aliphatic heterocycles. The van der Waals surface area contributed by atoms with E-state index in [9.17, 15) is 9.59 Å². The maximum absolute atomic E-state index is 11.2. The van der Waals surface area contributed by atoms with E-state index in [1.807, 2.05) is 0 Å². The van der Waals surface area contributed by atoms with Crippen LogP contribution < -0.4 is 16.0 Å². The Bertz CT molecular complexity index is 236. The SMILES string of the molecule is CNCCNC(=O)CNC(=O)OC(C)(C)C. The van der Waals surface area contributed by atoms with Crippen molar-refractivity contribution >= 4 is 12.0 Å². The van der Waals surface area contributed by atoms with Gasteiger partial charge in [-0.1, -0.05) is 0 Å². The summed E-state index contributed by atoms with van der Waals surface area (Å²) in [5.41, 5.74) is -0.549. The van der Waals surface area contributed by atoms with Crippen molar-refractivity contribution in [3.05, 3.63) is 0 Å². The molecule has 0 aromatic carbocycles. The zero-order valence-corrected chi connectivity index (χ0v) is 10.3. The van der Waals surface area contributed by atoms with Gasteiger partial charge in [-0.15, -0.1) is 0 Å². The van der Waals surface area contributed by atoms with Gasteiger partial charge >= 0.3 is 6.09 Å². The Kier molecular flexibility index (Phi) is 6.48. The molecule has 0 unspecified atom stereocenters. The van der Waals surface area contributed by atoms with Crippen molar-refractivity contribution in [3.63, 3.8) is 0 Å². The first-order valence-electron chi connectivity index (χ1n) is 5.23. The summed E-state index contributed by atoms with van der Waals surface area (Å²) in [6.07, 6.45) is -0.587. The largest absolute Gasteiger partial charge is 0.444 e. The van der Waals surface area contributed by atoms with Crippen molar-refractivity contribution in [2.24, 2.45) is 0 Å². The van der Waals surface area contributed by atoms with Crippen LogP contribution in [-0.4, -0.2) is 44.3 Å². The van der Waals surface area contributed by atoms with E-state index >= 15 is 0 Å². The molecule has 0 atom stereocenters. The molecule has 0 radical (unpaired) electrons. The predicted octanol–water partition coefficient (Wildman–Crippen LogP) is -0.153. The molecule has 0 spiro atoms. The monoisotopic (exact) mass is 231 g/mol. The van der Waals surface area contributed by atoms with E-state index < -0.39 is 11.7 Å². The van der Waals surface area contributed by atoms with Gasteiger partial charge in [0.1, 0.15) is 5.60 Å². The van der Waals surface area contributed by atoms with Crippen molar-refractivity contribution in [3.8, 4) is 0 Å². The van der Waals surface area contributed by atoms with E-state index in [0.29, 0.717) is 13.1 Å². The van der Waals surface area contributed by atoms with Crippen molar-refractivity contribution in [2.75, 3.05) is 26.7 Å². The summed E-state index contributed by atoms with van der Waals surface area (Å²) in [6.45, 7) is 6.45. The number of likely N-dealkylation sites (N-methyl/N-ethyl adjacent to an activating group) is 1. The first-order valence-corrected chi connectivity index (χ1v) is 5.23. The van der Waals surface area contributed by atoms with E-state index in [0.717, 1.165) is 0 Å². The molecule has 3 N–H and O–H groups in total. The molecule has 0 aromatic heterocycles. The number of alkyl carbamates (subject to hydrolysis) is 1. The highest BCUT2D eigenvalue weighted by molar-refractivity contribution is 5.82. The third-order valence-corrected chi connectivity index (χ3v) is 1.49. The molecule has 6 nitrogen and oxygen atoms in total. The highest BCUT2D eigenvalue weighted by Crippen LogP contribution is 2.05. The number of carbonyl (C=O) groups is 2. The van der Waals surface area contributed by atoms with Gasteiger partial charge in [0.05, 0.1) is 6.54 Å². The lowest BCUT2D eigenvalue weighted by Gasteiger charge is -2.19. The zero-order chi connectivity index (χ0) is 12.6. The predicted molar refractivity (Wildman–Crippen MR) is 61.2 cm³/mol. The third-order valence-electron chi connectivity index (χ3n) is 1.49. The number of hydrogen-bond acceptors (Lipinski definition) is 4. The molecule has 0 aliphatic carbocycles. The second-order valence-electron chi connectivity index (χ2n) is 4.31. The number of rotatable bonds is 5. The highest BCUT2D eigenvalue weighted by atomic mass is 16.6. The van der Waals surface area contributed by atoms with Crippen molar-refractivity contribution < 1.29 is 14.3 Å². The van der Waals surface area contributed by atoms with Crippen LogP contribution in [0.5, 0.6) is 0 Å². The molecule has 0 saturated carbocycles. The Balaban J connectivity index is 3.63. The van der Waals surface area contributed by atoms with Crippen LogP contribution in [-0.2, 0) is 9.53 Å². The average molecular weight is 231 g/mol. The Labute approximate surface area is 96.1 Å². The molecule has 0 fully saturated rings. The summed E-state index contributed by atoms with van der Waals surface area (Å²) in [7, 11) is 1.80. The quantitative estimate of drug-likeness (QED) is 0.575. The van der Waals surface area contributed by atoms with E-state index in [2.05, 4.69) is 16.0 Å². The van der Waals surface area contributed by atoms with Gasteiger partial charge in [-0.05, 0) is 27.8 Å². The summed E-state index contributed by atoms with van der Waals surface area (Å²) in [4.78, 5) is 22.3. The molecule has 0 aromatic rings. The van der Waals surface area contributed by atoms with Crippen LogP contribution in [0.25, 0.3) is 0 Å². The highest BCUT2D eigenvalue weighted by Gasteiger charge is 2.16. The smallest absolute Gasteiger partial charge is 0.408 e. The zero-order valence-electron chi connectivity index (χ0n) is 10.3. The number of ether oxygens (including phenoxy) is 1. The fourth-order valence-corrected chi connectivity index (χ4v) is 0.856.